The maximum absolute atomic E-state index is 13.2. The molecular formula is C18H21BrFNO. The predicted octanol–water partition coefficient (Wildman–Crippen LogP) is 4.18. The number of hydrogen-bond acceptors (Lipinski definition) is 1. The van der Waals surface area contributed by atoms with Gasteiger partial charge in [-0.05, 0) is 68.1 Å². The van der Waals surface area contributed by atoms with E-state index in [2.05, 4.69) is 21.2 Å². The summed E-state index contributed by atoms with van der Waals surface area (Å²) in [7, 11) is 0. The molecule has 1 aromatic rings. The second-order valence-electron chi connectivity index (χ2n) is 7.70. The molecule has 4 fully saturated rings. The van der Waals surface area contributed by atoms with E-state index < -0.39 is 0 Å². The predicted molar refractivity (Wildman–Crippen MR) is 87.0 cm³/mol. The molecular weight excluding hydrogens is 345 g/mol. The van der Waals surface area contributed by atoms with Crippen molar-refractivity contribution in [1.82, 2.24) is 5.32 Å². The Hall–Kier alpha value is -0.900. The van der Waals surface area contributed by atoms with Crippen molar-refractivity contribution in [3.05, 3.63) is 35.6 Å². The van der Waals surface area contributed by atoms with Crippen molar-refractivity contribution in [3.63, 3.8) is 0 Å². The molecule has 1 aromatic carbocycles. The quantitative estimate of drug-likeness (QED) is 0.800. The maximum Gasteiger partial charge on any atom is 0.226 e. The molecule has 2 unspecified atom stereocenters. The second kappa shape index (κ2) is 5.05. The summed E-state index contributed by atoms with van der Waals surface area (Å²) >= 11 is 3.94. The third-order valence-corrected chi connectivity index (χ3v) is 6.74. The fourth-order valence-electron chi connectivity index (χ4n) is 5.43. The molecule has 1 amide bonds. The van der Waals surface area contributed by atoms with Crippen LogP contribution >= 0.6 is 15.9 Å². The van der Waals surface area contributed by atoms with Gasteiger partial charge in [0.2, 0.25) is 5.91 Å². The van der Waals surface area contributed by atoms with Crippen molar-refractivity contribution >= 4 is 21.8 Å². The molecule has 22 heavy (non-hydrogen) atoms. The van der Waals surface area contributed by atoms with Gasteiger partial charge in [-0.25, -0.2) is 4.39 Å². The summed E-state index contributed by atoms with van der Waals surface area (Å²) in [6, 6.07) is 6.47. The van der Waals surface area contributed by atoms with Gasteiger partial charge in [0.25, 0.3) is 0 Å². The highest BCUT2D eigenvalue weighted by atomic mass is 79.9. The normalized spacial score (nSPS) is 39.0. The number of alkyl halides is 1. The van der Waals surface area contributed by atoms with E-state index in [1.165, 1.54) is 31.4 Å². The average molecular weight is 366 g/mol. The highest BCUT2D eigenvalue weighted by Gasteiger charge is 2.59. The van der Waals surface area contributed by atoms with Gasteiger partial charge in [0, 0.05) is 10.9 Å². The smallest absolute Gasteiger partial charge is 0.226 e. The van der Waals surface area contributed by atoms with Crippen LogP contribution in [-0.4, -0.2) is 10.2 Å². The molecule has 0 aliphatic heterocycles. The lowest BCUT2D eigenvalue weighted by Gasteiger charge is -2.59. The van der Waals surface area contributed by atoms with Crippen molar-refractivity contribution in [2.75, 3.05) is 0 Å². The molecule has 4 bridgehead atoms. The van der Waals surface area contributed by atoms with E-state index in [0.717, 1.165) is 24.8 Å². The molecule has 1 N–H and O–H groups in total. The zero-order valence-electron chi connectivity index (χ0n) is 12.6. The number of rotatable bonds is 3. The fraction of sp³-hybridized carbons (Fsp3) is 0.611. The highest BCUT2D eigenvalue weighted by molar-refractivity contribution is 9.10. The Kier molecular flexibility index (Phi) is 3.37. The van der Waals surface area contributed by atoms with E-state index in [9.17, 15) is 9.18 Å². The van der Waals surface area contributed by atoms with Gasteiger partial charge in [-0.2, -0.15) is 0 Å². The molecule has 0 spiro atoms. The van der Waals surface area contributed by atoms with E-state index in [4.69, 9.17) is 0 Å². The Bertz CT molecular complexity index is 603. The minimum Gasteiger partial charge on any atom is -0.352 e. The van der Waals surface area contributed by atoms with Crippen molar-refractivity contribution in [3.8, 4) is 0 Å². The second-order valence-corrected chi connectivity index (χ2v) is 9.39. The SMILES string of the molecule is O=C(NCc1cccc(F)c1)C12CC3CC(CC(Br)(C3)C1)C2. The molecule has 5 rings (SSSR count). The van der Waals surface area contributed by atoms with Crippen LogP contribution in [0.3, 0.4) is 0 Å². The van der Waals surface area contributed by atoms with Crippen LogP contribution < -0.4 is 5.32 Å². The zero-order chi connectivity index (χ0) is 15.4. The van der Waals surface area contributed by atoms with Gasteiger partial charge >= 0.3 is 0 Å². The molecule has 0 aromatic heterocycles. The molecule has 0 heterocycles. The molecule has 4 heteroatoms. The van der Waals surface area contributed by atoms with Gasteiger partial charge in [-0.15, -0.1) is 0 Å². The van der Waals surface area contributed by atoms with Gasteiger partial charge in [0.15, 0.2) is 0 Å². The topological polar surface area (TPSA) is 29.1 Å². The number of halogens is 2. The monoisotopic (exact) mass is 365 g/mol. The van der Waals surface area contributed by atoms with Gasteiger partial charge in [0.05, 0.1) is 5.41 Å². The van der Waals surface area contributed by atoms with Gasteiger partial charge in [-0.3, -0.25) is 4.79 Å². The third kappa shape index (κ3) is 2.49. The Labute approximate surface area is 139 Å². The van der Waals surface area contributed by atoms with Gasteiger partial charge in [0.1, 0.15) is 5.82 Å². The minimum absolute atomic E-state index is 0.176. The first-order valence-corrected chi connectivity index (χ1v) is 8.97. The summed E-state index contributed by atoms with van der Waals surface area (Å²) < 4.78 is 13.4. The van der Waals surface area contributed by atoms with Crippen LogP contribution in [0.15, 0.2) is 24.3 Å². The first-order chi connectivity index (χ1) is 10.5. The summed E-state index contributed by atoms with van der Waals surface area (Å²) in [4.78, 5) is 12.9. The van der Waals surface area contributed by atoms with Crippen LogP contribution in [-0.2, 0) is 11.3 Å². The van der Waals surface area contributed by atoms with E-state index in [1.807, 2.05) is 6.07 Å². The molecule has 118 valence electrons. The highest BCUT2D eigenvalue weighted by Crippen LogP contribution is 2.64. The number of amides is 1. The molecule has 0 saturated heterocycles. The van der Waals surface area contributed by atoms with Crippen LogP contribution in [0.2, 0.25) is 0 Å². The van der Waals surface area contributed by atoms with Gasteiger partial charge < -0.3 is 5.32 Å². The lowest BCUT2D eigenvalue weighted by molar-refractivity contribution is -0.144. The average Bonchev–Trinajstić information content (AvgIpc) is 2.42. The first kappa shape index (κ1) is 14.7. The lowest BCUT2D eigenvalue weighted by Crippen LogP contribution is -2.58. The number of benzene rings is 1. The molecule has 4 saturated carbocycles. The minimum atomic E-state index is -0.249. The van der Waals surface area contributed by atoms with Crippen LogP contribution in [0.4, 0.5) is 4.39 Å². The molecule has 2 atom stereocenters. The van der Waals surface area contributed by atoms with E-state index in [1.54, 1.807) is 6.07 Å². The van der Waals surface area contributed by atoms with Crippen LogP contribution in [0.5, 0.6) is 0 Å². The summed E-state index contributed by atoms with van der Waals surface area (Å²) in [6.07, 6.45) is 6.77. The van der Waals surface area contributed by atoms with Crippen molar-refractivity contribution in [2.24, 2.45) is 17.3 Å². The Morgan fingerprint density at radius 3 is 2.64 bits per heavy atom. The lowest BCUT2D eigenvalue weighted by atomic mass is 9.49. The molecule has 2 nitrogen and oxygen atoms in total. The zero-order valence-corrected chi connectivity index (χ0v) is 14.2. The number of carbonyl (C=O) groups is 1. The van der Waals surface area contributed by atoms with Crippen molar-refractivity contribution in [1.29, 1.82) is 0 Å². The number of hydrogen-bond donors (Lipinski definition) is 1. The van der Waals surface area contributed by atoms with Crippen molar-refractivity contribution < 1.29 is 9.18 Å². The van der Waals surface area contributed by atoms with Crippen LogP contribution in [0.1, 0.15) is 44.1 Å². The molecule has 4 aliphatic rings. The van der Waals surface area contributed by atoms with E-state index >= 15 is 0 Å². The van der Waals surface area contributed by atoms with Crippen LogP contribution in [0.25, 0.3) is 0 Å². The summed E-state index contributed by atoms with van der Waals surface area (Å²) in [5, 5.41) is 3.07. The van der Waals surface area contributed by atoms with Crippen LogP contribution in [0, 0.1) is 23.1 Å². The largest absolute Gasteiger partial charge is 0.352 e. The standard InChI is InChI=1S/C18H21BrFNO/c19-18-8-13-4-14(9-18)7-17(6-13,11-18)16(22)21-10-12-2-1-3-15(20)5-12/h1-3,5,13-14H,4,6-11H2,(H,21,22). The molecule has 0 radical (unpaired) electrons. The van der Waals surface area contributed by atoms with E-state index in [-0.39, 0.29) is 21.5 Å². The summed E-state index contributed by atoms with van der Waals surface area (Å²) in [5.74, 6) is 1.32. The molecule has 4 aliphatic carbocycles. The Morgan fingerprint density at radius 1 is 1.27 bits per heavy atom. The number of nitrogens with one attached hydrogen (secondary N) is 1. The Morgan fingerprint density at radius 2 is 2.00 bits per heavy atom. The Balaban J connectivity index is 1.48. The van der Waals surface area contributed by atoms with Gasteiger partial charge in [-0.1, -0.05) is 28.1 Å². The summed E-state index contributed by atoms with van der Waals surface area (Å²) in [6.45, 7) is 0.420. The maximum atomic E-state index is 13.2. The number of carbonyl (C=O) groups excluding carboxylic acids is 1. The van der Waals surface area contributed by atoms with E-state index in [0.29, 0.717) is 18.4 Å². The van der Waals surface area contributed by atoms with Crippen molar-refractivity contribution in [2.45, 2.75) is 49.4 Å². The third-order valence-electron chi connectivity index (χ3n) is 5.81. The first-order valence-electron chi connectivity index (χ1n) is 8.18. The summed E-state index contributed by atoms with van der Waals surface area (Å²) in [5.41, 5.74) is 0.632. The fourth-order valence-corrected chi connectivity index (χ4v) is 6.89.